The number of rotatable bonds is 6. The molecule has 0 spiro atoms. The molecule has 0 fully saturated rings. The normalized spacial score (nSPS) is 11.2. The second kappa shape index (κ2) is 9.43. The molecule has 7 heteroatoms. The third-order valence-electron chi connectivity index (χ3n) is 5.73. The van der Waals surface area contributed by atoms with E-state index < -0.39 is 0 Å². The van der Waals surface area contributed by atoms with Crippen LogP contribution in [0.2, 0.25) is 0 Å². The minimum atomic E-state index is -0.386. The van der Waals surface area contributed by atoms with Gasteiger partial charge >= 0.3 is 0 Å². The average Bonchev–Trinajstić information content (AvgIpc) is 3.52. The summed E-state index contributed by atoms with van der Waals surface area (Å²) in [5, 5.41) is 2.88. The Bertz CT molecular complexity index is 1520. The number of carbonyl (C=O) groups excluding carboxylic acids is 1. The van der Waals surface area contributed by atoms with Crippen molar-refractivity contribution in [3.05, 3.63) is 88.6 Å². The number of methoxy groups -OCH3 is 1. The van der Waals surface area contributed by atoms with Crippen LogP contribution in [0.5, 0.6) is 5.75 Å². The third-order valence-corrected chi connectivity index (χ3v) is 6.26. The number of furan rings is 1. The minimum absolute atomic E-state index is 0.193. The Labute approximate surface area is 211 Å². The standard InChI is InChI=1S/C28H23BrN2O4/c1-16(2)18-6-11-25-22(14-18)31-28(35-25)19-7-10-24(33-3)21(15-19)30-27(32)26-13-12-23(34-26)17-4-8-20(29)9-5-17/h4-16H,1-3H3,(H,30,32). The number of nitrogens with zero attached hydrogens (tertiary/aromatic N) is 1. The quantitative estimate of drug-likeness (QED) is 0.241. The first-order valence-corrected chi connectivity index (χ1v) is 12.0. The van der Waals surface area contributed by atoms with Gasteiger partial charge in [0.1, 0.15) is 17.0 Å². The van der Waals surface area contributed by atoms with Gasteiger partial charge < -0.3 is 18.9 Å². The van der Waals surface area contributed by atoms with Gasteiger partial charge in [-0.1, -0.05) is 48.0 Å². The second-order valence-corrected chi connectivity index (χ2v) is 9.36. The van der Waals surface area contributed by atoms with Crippen LogP contribution in [-0.2, 0) is 0 Å². The molecule has 2 heterocycles. The van der Waals surface area contributed by atoms with Crippen molar-refractivity contribution in [3.63, 3.8) is 0 Å². The Balaban J connectivity index is 1.42. The Hall–Kier alpha value is -3.84. The van der Waals surface area contributed by atoms with Crippen LogP contribution < -0.4 is 10.1 Å². The molecule has 0 aliphatic heterocycles. The van der Waals surface area contributed by atoms with Crippen molar-refractivity contribution in [2.45, 2.75) is 19.8 Å². The van der Waals surface area contributed by atoms with E-state index in [4.69, 9.17) is 13.6 Å². The molecule has 1 N–H and O–H groups in total. The van der Waals surface area contributed by atoms with Crippen molar-refractivity contribution in [3.8, 4) is 28.5 Å². The van der Waals surface area contributed by atoms with Gasteiger partial charge in [0.05, 0.1) is 12.8 Å². The summed E-state index contributed by atoms with van der Waals surface area (Å²) in [6.07, 6.45) is 0. The molecule has 0 saturated heterocycles. The Morgan fingerprint density at radius 2 is 1.71 bits per heavy atom. The van der Waals surface area contributed by atoms with E-state index in [1.165, 1.54) is 5.56 Å². The summed E-state index contributed by atoms with van der Waals surface area (Å²) in [6, 6.07) is 22.5. The third kappa shape index (κ3) is 4.72. The Morgan fingerprint density at radius 1 is 0.943 bits per heavy atom. The van der Waals surface area contributed by atoms with Crippen molar-refractivity contribution in [2.24, 2.45) is 0 Å². The van der Waals surface area contributed by atoms with E-state index in [0.717, 1.165) is 21.1 Å². The van der Waals surface area contributed by atoms with Crippen LogP contribution >= 0.6 is 15.9 Å². The summed E-state index contributed by atoms with van der Waals surface area (Å²) in [4.78, 5) is 17.6. The average molecular weight is 531 g/mol. The smallest absolute Gasteiger partial charge is 0.291 e. The molecule has 0 aliphatic carbocycles. The van der Waals surface area contributed by atoms with Crippen LogP contribution in [0.4, 0.5) is 5.69 Å². The molecule has 5 rings (SSSR count). The predicted octanol–water partition coefficient (Wildman–Crippen LogP) is 7.90. The number of ether oxygens (including phenoxy) is 1. The van der Waals surface area contributed by atoms with Crippen LogP contribution in [0.25, 0.3) is 33.9 Å². The summed E-state index contributed by atoms with van der Waals surface area (Å²) < 4.78 is 18.2. The van der Waals surface area contributed by atoms with Crippen molar-refractivity contribution in [1.29, 1.82) is 0 Å². The van der Waals surface area contributed by atoms with Gasteiger partial charge in [-0.05, 0) is 66.1 Å². The summed E-state index contributed by atoms with van der Waals surface area (Å²) >= 11 is 3.42. The van der Waals surface area contributed by atoms with Gasteiger partial charge in [0.25, 0.3) is 5.91 Å². The molecule has 1 amide bonds. The largest absolute Gasteiger partial charge is 0.495 e. The van der Waals surface area contributed by atoms with Crippen molar-refractivity contribution in [2.75, 3.05) is 12.4 Å². The first-order chi connectivity index (χ1) is 16.9. The molecule has 5 aromatic rings. The number of oxazole rings is 1. The summed E-state index contributed by atoms with van der Waals surface area (Å²) in [5.41, 5.74) is 4.79. The molecular formula is C28H23BrN2O4. The van der Waals surface area contributed by atoms with Gasteiger partial charge in [-0.2, -0.15) is 0 Å². The van der Waals surface area contributed by atoms with Crippen LogP contribution in [0.1, 0.15) is 35.9 Å². The molecule has 0 saturated carbocycles. The lowest BCUT2D eigenvalue weighted by atomic mass is 10.0. The summed E-state index contributed by atoms with van der Waals surface area (Å²) in [6.45, 7) is 4.28. The van der Waals surface area contributed by atoms with Crippen LogP contribution in [0.15, 0.2) is 86.1 Å². The zero-order valence-electron chi connectivity index (χ0n) is 19.5. The maximum Gasteiger partial charge on any atom is 0.291 e. The number of hydrogen-bond donors (Lipinski definition) is 1. The molecule has 2 aromatic heterocycles. The molecule has 3 aromatic carbocycles. The highest BCUT2D eigenvalue weighted by Crippen LogP contribution is 2.33. The molecule has 0 unspecified atom stereocenters. The predicted molar refractivity (Wildman–Crippen MR) is 140 cm³/mol. The lowest BCUT2D eigenvalue weighted by Gasteiger charge is -2.10. The van der Waals surface area contributed by atoms with E-state index in [-0.39, 0.29) is 11.7 Å². The maximum atomic E-state index is 13.0. The fourth-order valence-electron chi connectivity index (χ4n) is 3.78. The molecule has 0 atom stereocenters. The molecular weight excluding hydrogens is 508 g/mol. The van der Waals surface area contributed by atoms with Gasteiger partial charge in [-0.25, -0.2) is 4.98 Å². The number of anilines is 1. The molecule has 0 bridgehead atoms. The number of carbonyl (C=O) groups is 1. The topological polar surface area (TPSA) is 77.5 Å². The molecule has 0 radical (unpaired) electrons. The van der Waals surface area contributed by atoms with E-state index in [0.29, 0.717) is 34.6 Å². The van der Waals surface area contributed by atoms with E-state index in [9.17, 15) is 4.79 Å². The van der Waals surface area contributed by atoms with E-state index in [2.05, 4.69) is 40.1 Å². The Morgan fingerprint density at radius 3 is 2.46 bits per heavy atom. The van der Waals surface area contributed by atoms with Crippen molar-refractivity contribution < 1.29 is 18.4 Å². The highest BCUT2D eigenvalue weighted by Gasteiger charge is 2.17. The van der Waals surface area contributed by atoms with Crippen LogP contribution in [0, 0.1) is 0 Å². The van der Waals surface area contributed by atoms with Gasteiger partial charge in [0, 0.05) is 15.6 Å². The van der Waals surface area contributed by atoms with Crippen LogP contribution in [-0.4, -0.2) is 18.0 Å². The monoisotopic (exact) mass is 530 g/mol. The van der Waals surface area contributed by atoms with Crippen molar-refractivity contribution in [1.82, 2.24) is 4.98 Å². The van der Waals surface area contributed by atoms with E-state index >= 15 is 0 Å². The van der Waals surface area contributed by atoms with Gasteiger partial charge in [0.15, 0.2) is 11.3 Å². The SMILES string of the molecule is COc1ccc(-c2nc3cc(C(C)C)ccc3o2)cc1NC(=O)c1ccc(-c2ccc(Br)cc2)o1. The van der Waals surface area contributed by atoms with Gasteiger partial charge in [-0.3, -0.25) is 4.79 Å². The Kier molecular flexibility index (Phi) is 6.17. The van der Waals surface area contributed by atoms with E-state index in [1.54, 1.807) is 31.4 Å². The van der Waals surface area contributed by atoms with Crippen molar-refractivity contribution >= 4 is 38.6 Å². The lowest BCUT2D eigenvalue weighted by molar-refractivity contribution is 0.0997. The molecule has 176 valence electrons. The maximum absolute atomic E-state index is 13.0. The number of nitrogens with one attached hydrogen (secondary N) is 1. The first-order valence-electron chi connectivity index (χ1n) is 11.2. The zero-order valence-corrected chi connectivity index (χ0v) is 21.0. The number of benzene rings is 3. The highest BCUT2D eigenvalue weighted by molar-refractivity contribution is 9.10. The fourth-order valence-corrected chi connectivity index (χ4v) is 4.04. The van der Waals surface area contributed by atoms with Crippen LogP contribution in [0.3, 0.4) is 0 Å². The molecule has 35 heavy (non-hydrogen) atoms. The summed E-state index contributed by atoms with van der Waals surface area (Å²) in [7, 11) is 1.55. The molecule has 0 aliphatic rings. The zero-order chi connectivity index (χ0) is 24.5. The number of amides is 1. The van der Waals surface area contributed by atoms with E-state index in [1.807, 2.05) is 48.5 Å². The number of hydrogen-bond acceptors (Lipinski definition) is 5. The minimum Gasteiger partial charge on any atom is -0.495 e. The molecule has 6 nitrogen and oxygen atoms in total. The van der Waals surface area contributed by atoms with Gasteiger partial charge in [-0.15, -0.1) is 0 Å². The second-order valence-electron chi connectivity index (χ2n) is 8.44. The highest BCUT2D eigenvalue weighted by atomic mass is 79.9. The number of aromatic nitrogens is 1. The number of halogens is 1. The lowest BCUT2D eigenvalue weighted by Crippen LogP contribution is -2.11. The summed E-state index contributed by atoms with van der Waals surface area (Å²) in [5.74, 6) is 1.79. The van der Waals surface area contributed by atoms with Gasteiger partial charge in [0.2, 0.25) is 5.89 Å². The number of fused-ring (bicyclic) bond motifs is 1. The fraction of sp³-hybridized carbons (Fsp3) is 0.143. The first kappa shape index (κ1) is 22.9.